The minimum Gasteiger partial charge on any atom is -0.508 e. The van der Waals surface area contributed by atoms with Gasteiger partial charge in [-0.15, -0.1) is 5.10 Å². The van der Waals surface area contributed by atoms with E-state index in [0.29, 0.717) is 33.5 Å². The maximum Gasteiger partial charge on any atom is 0.255 e. The van der Waals surface area contributed by atoms with E-state index in [1.807, 2.05) is 6.07 Å². The number of phenols is 1. The van der Waals surface area contributed by atoms with Gasteiger partial charge < -0.3 is 20.5 Å². The third kappa shape index (κ3) is 5.51. The fourth-order valence-electron chi connectivity index (χ4n) is 3.00. The van der Waals surface area contributed by atoms with Crippen LogP contribution in [0.15, 0.2) is 78.0 Å². The van der Waals surface area contributed by atoms with E-state index in [-0.39, 0.29) is 23.3 Å². The summed E-state index contributed by atoms with van der Waals surface area (Å²) in [7, 11) is 1.54. The lowest BCUT2D eigenvalue weighted by molar-refractivity contribution is -0.113. The van der Waals surface area contributed by atoms with Gasteiger partial charge in [0.25, 0.3) is 5.91 Å². The number of nitrogens with one attached hydrogen (secondary N) is 2. The molecule has 0 atom stereocenters. The third-order valence-electron chi connectivity index (χ3n) is 4.65. The lowest BCUT2D eigenvalue weighted by Crippen LogP contribution is -2.15. The number of phenolic OH excluding ortho intramolecular Hbond substituents is 1. The molecule has 0 unspecified atom stereocenters. The number of carbonyl (C=O) groups excluding carboxylic acids is 2. The summed E-state index contributed by atoms with van der Waals surface area (Å²) in [6.45, 7) is 0. The first-order chi connectivity index (χ1) is 16.5. The van der Waals surface area contributed by atoms with E-state index in [4.69, 9.17) is 4.74 Å². The summed E-state index contributed by atoms with van der Waals surface area (Å²) in [6, 6.07) is 20.1. The molecule has 0 saturated carbocycles. The molecule has 172 valence electrons. The molecule has 34 heavy (non-hydrogen) atoms. The minimum atomic E-state index is -0.293. The van der Waals surface area contributed by atoms with Crippen molar-refractivity contribution in [3.63, 3.8) is 0 Å². The van der Waals surface area contributed by atoms with E-state index in [1.54, 1.807) is 54.6 Å². The molecule has 2 amide bonds. The van der Waals surface area contributed by atoms with E-state index in [9.17, 15) is 14.7 Å². The van der Waals surface area contributed by atoms with Gasteiger partial charge in [-0.2, -0.15) is 4.68 Å². The smallest absolute Gasteiger partial charge is 0.255 e. The van der Waals surface area contributed by atoms with Crippen molar-refractivity contribution >= 4 is 35.0 Å². The van der Waals surface area contributed by atoms with Gasteiger partial charge in [-0.05, 0) is 71.1 Å². The lowest BCUT2D eigenvalue weighted by Gasteiger charge is -2.10. The van der Waals surface area contributed by atoms with Crippen molar-refractivity contribution in [3.05, 3.63) is 78.4 Å². The Hall–Kier alpha value is -4.38. The maximum atomic E-state index is 12.5. The minimum absolute atomic E-state index is 0.0779. The zero-order valence-electron chi connectivity index (χ0n) is 18.0. The molecular weight excluding hydrogens is 456 g/mol. The van der Waals surface area contributed by atoms with Crippen LogP contribution >= 0.6 is 11.8 Å². The monoisotopic (exact) mass is 476 g/mol. The van der Waals surface area contributed by atoms with Crippen LogP contribution in [-0.2, 0) is 4.79 Å². The summed E-state index contributed by atoms with van der Waals surface area (Å²) in [5.74, 6) is 0.229. The van der Waals surface area contributed by atoms with Gasteiger partial charge in [0.2, 0.25) is 11.1 Å². The zero-order valence-corrected chi connectivity index (χ0v) is 18.8. The molecule has 0 aliphatic rings. The quantitative estimate of drug-likeness (QED) is 0.330. The van der Waals surface area contributed by atoms with E-state index in [0.717, 1.165) is 0 Å². The predicted molar refractivity (Wildman–Crippen MR) is 128 cm³/mol. The highest BCUT2D eigenvalue weighted by Crippen LogP contribution is 2.24. The number of carbonyl (C=O) groups is 2. The molecule has 10 nitrogen and oxygen atoms in total. The Morgan fingerprint density at radius 3 is 2.47 bits per heavy atom. The fourth-order valence-corrected chi connectivity index (χ4v) is 3.69. The molecule has 0 radical (unpaired) electrons. The summed E-state index contributed by atoms with van der Waals surface area (Å²) in [5, 5.41) is 27.0. The molecule has 1 aromatic heterocycles. The highest BCUT2D eigenvalue weighted by atomic mass is 32.2. The Morgan fingerprint density at radius 2 is 1.74 bits per heavy atom. The van der Waals surface area contributed by atoms with Gasteiger partial charge in [0.05, 0.1) is 24.2 Å². The van der Waals surface area contributed by atoms with Crippen LogP contribution in [0.25, 0.3) is 5.69 Å². The molecular formula is C23H20N6O4S. The number of anilines is 2. The largest absolute Gasteiger partial charge is 0.508 e. The number of para-hydroxylation sites is 2. The molecule has 3 aromatic carbocycles. The number of ether oxygens (including phenoxy) is 1. The number of hydrogen-bond acceptors (Lipinski definition) is 8. The number of hydrogen-bond donors (Lipinski definition) is 3. The third-order valence-corrected chi connectivity index (χ3v) is 5.57. The van der Waals surface area contributed by atoms with Crippen molar-refractivity contribution in [1.82, 2.24) is 20.2 Å². The molecule has 11 heteroatoms. The van der Waals surface area contributed by atoms with Gasteiger partial charge in [-0.1, -0.05) is 23.9 Å². The van der Waals surface area contributed by atoms with Gasteiger partial charge in [-0.3, -0.25) is 9.59 Å². The maximum absolute atomic E-state index is 12.5. The van der Waals surface area contributed by atoms with Crippen molar-refractivity contribution in [2.24, 2.45) is 0 Å². The first kappa shape index (κ1) is 22.8. The fraction of sp³-hybridized carbons (Fsp3) is 0.0870. The Bertz CT molecular complexity index is 1290. The second kappa shape index (κ2) is 10.5. The van der Waals surface area contributed by atoms with Crippen LogP contribution in [0.3, 0.4) is 0 Å². The Kier molecular flexibility index (Phi) is 7.04. The van der Waals surface area contributed by atoms with Crippen molar-refractivity contribution in [2.75, 3.05) is 23.5 Å². The van der Waals surface area contributed by atoms with Gasteiger partial charge in [0.15, 0.2) is 0 Å². The summed E-state index contributed by atoms with van der Waals surface area (Å²) in [4.78, 5) is 24.9. The van der Waals surface area contributed by atoms with E-state index >= 15 is 0 Å². The number of tetrazole rings is 1. The van der Waals surface area contributed by atoms with E-state index < -0.39 is 0 Å². The average Bonchev–Trinajstić information content (AvgIpc) is 3.32. The second-order valence-corrected chi connectivity index (χ2v) is 7.90. The normalized spacial score (nSPS) is 10.5. The molecule has 0 bridgehead atoms. The zero-order chi connectivity index (χ0) is 23.9. The first-order valence-electron chi connectivity index (χ1n) is 10.1. The number of benzene rings is 3. The predicted octanol–water partition coefficient (Wildman–Crippen LogP) is 3.36. The van der Waals surface area contributed by atoms with Crippen LogP contribution in [0, 0.1) is 0 Å². The highest BCUT2D eigenvalue weighted by molar-refractivity contribution is 7.99. The SMILES string of the molecule is COc1ccccc1NC(=O)c1ccc(NC(=O)CSc2nnnn2-c2ccc(O)cc2)cc1. The van der Waals surface area contributed by atoms with Crippen LogP contribution in [0.1, 0.15) is 10.4 Å². The number of aromatic nitrogens is 4. The van der Waals surface area contributed by atoms with Crippen molar-refractivity contribution in [1.29, 1.82) is 0 Å². The summed E-state index contributed by atoms with van der Waals surface area (Å²) in [6.07, 6.45) is 0. The topological polar surface area (TPSA) is 131 Å². The molecule has 1 heterocycles. The summed E-state index contributed by atoms with van der Waals surface area (Å²) < 4.78 is 6.72. The Balaban J connectivity index is 1.33. The number of thioether (sulfide) groups is 1. The van der Waals surface area contributed by atoms with Crippen molar-refractivity contribution in [3.8, 4) is 17.2 Å². The molecule has 4 aromatic rings. The number of amides is 2. The summed E-state index contributed by atoms with van der Waals surface area (Å²) in [5.41, 5.74) is 2.22. The van der Waals surface area contributed by atoms with Gasteiger partial charge in [0.1, 0.15) is 11.5 Å². The van der Waals surface area contributed by atoms with E-state index in [2.05, 4.69) is 26.2 Å². The lowest BCUT2D eigenvalue weighted by atomic mass is 10.2. The van der Waals surface area contributed by atoms with Crippen LogP contribution < -0.4 is 15.4 Å². The molecule has 0 saturated heterocycles. The van der Waals surface area contributed by atoms with Gasteiger partial charge in [-0.25, -0.2) is 0 Å². The van der Waals surface area contributed by atoms with Gasteiger partial charge >= 0.3 is 0 Å². The number of rotatable bonds is 8. The number of methoxy groups -OCH3 is 1. The number of aromatic hydroxyl groups is 1. The molecule has 0 aliphatic heterocycles. The van der Waals surface area contributed by atoms with Crippen LogP contribution in [0.5, 0.6) is 11.5 Å². The van der Waals surface area contributed by atoms with E-state index in [1.165, 1.54) is 35.7 Å². The van der Waals surface area contributed by atoms with Crippen molar-refractivity contribution in [2.45, 2.75) is 5.16 Å². The molecule has 3 N–H and O–H groups in total. The molecule has 4 rings (SSSR count). The van der Waals surface area contributed by atoms with Crippen LogP contribution in [-0.4, -0.2) is 50.0 Å². The standard InChI is InChI=1S/C23H20N6O4S/c1-33-20-5-3-2-4-19(20)25-22(32)15-6-8-16(9-7-15)24-21(31)14-34-23-26-27-28-29(23)17-10-12-18(30)13-11-17/h2-13,30H,14H2,1H3,(H,24,31)(H,25,32). The Morgan fingerprint density at radius 1 is 1.00 bits per heavy atom. The summed E-state index contributed by atoms with van der Waals surface area (Å²) >= 11 is 1.17. The Labute approximate surface area is 198 Å². The highest BCUT2D eigenvalue weighted by Gasteiger charge is 2.13. The average molecular weight is 477 g/mol. The van der Waals surface area contributed by atoms with Crippen LogP contribution in [0.2, 0.25) is 0 Å². The first-order valence-corrected chi connectivity index (χ1v) is 11.1. The van der Waals surface area contributed by atoms with Crippen LogP contribution in [0.4, 0.5) is 11.4 Å². The number of nitrogens with zero attached hydrogens (tertiary/aromatic N) is 4. The van der Waals surface area contributed by atoms with Gasteiger partial charge in [0, 0.05) is 11.3 Å². The molecule has 0 aliphatic carbocycles. The van der Waals surface area contributed by atoms with Crippen molar-refractivity contribution < 1.29 is 19.4 Å². The molecule has 0 fully saturated rings. The molecule has 0 spiro atoms. The second-order valence-electron chi connectivity index (χ2n) is 6.96.